The summed E-state index contributed by atoms with van der Waals surface area (Å²) in [7, 11) is 0. The van der Waals surface area contributed by atoms with Crippen molar-refractivity contribution in [2.24, 2.45) is 0 Å². The summed E-state index contributed by atoms with van der Waals surface area (Å²) in [4.78, 5) is 9.22. The lowest BCUT2D eigenvalue weighted by Crippen LogP contribution is -2.08. The highest BCUT2D eigenvalue weighted by molar-refractivity contribution is 6.30. The van der Waals surface area contributed by atoms with Gasteiger partial charge in [-0.25, -0.2) is 9.97 Å². The second-order valence-corrected chi connectivity index (χ2v) is 6.73. The van der Waals surface area contributed by atoms with E-state index in [1.54, 1.807) is 0 Å². The molecule has 4 rings (SSSR count). The average molecular weight is 299 g/mol. The van der Waals surface area contributed by atoms with E-state index in [-0.39, 0.29) is 0 Å². The fourth-order valence-corrected chi connectivity index (χ4v) is 3.14. The van der Waals surface area contributed by atoms with Gasteiger partial charge < -0.3 is 0 Å². The van der Waals surface area contributed by atoms with Gasteiger partial charge in [-0.1, -0.05) is 42.3 Å². The number of aromatic nitrogens is 2. The van der Waals surface area contributed by atoms with E-state index < -0.39 is 0 Å². The first-order chi connectivity index (χ1) is 10.2. The number of rotatable bonds is 3. The molecule has 0 N–H and O–H groups in total. The van der Waals surface area contributed by atoms with Crippen LogP contribution in [-0.4, -0.2) is 9.97 Å². The molecule has 0 bridgehead atoms. The first-order valence-corrected chi connectivity index (χ1v) is 8.24. The van der Waals surface area contributed by atoms with Crippen LogP contribution in [0.5, 0.6) is 0 Å². The molecule has 0 spiro atoms. The number of nitrogens with zero attached hydrogens (tertiary/aromatic N) is 2. The zero-order valence-electron chi connectivity index (χ0n) is 12.3. The Balaban J connectivity index is 1.71. The Bertz CT molecular complexity index is 670. The zero-order chi connectivity index (χ0) is 14.4. The summed E-state index contributed by atoms with van der Waals surface area (Å²) in [5.74, 6) is 2.22. The highest BCUT2D eigenvalue weighted by Gasteiger charge is 2.28. The van der Waals surface area contributed by atoms with Crippen LogP contribution in [-0.2, 0) is 0 Å². The van der Waals surface area contributed by atoms with Crippen molar-refractivity contribution in [1.82, 2.24) is 9.97 Å². The third kappa shape index (κ3) is 2.46. The molecule has 0 unspecified atom stereocenters. The molecule has 1 aromatic carbocycles. The Labute approximate surface area is 130 Å². The minimum Gasteiger partial charge on any atom is -0.232 e. The molecule has 2 aromatic rings. The topological polar surface area (TPSA) is 25.8 Å². The number of hydrogen-bond acceptors (Lipinski definition) is 2. The maximum absolute atomic E-state index is 6.30. The molecule has 2 aliphatic rings. The van der Waals surface area contributed by atoms with Crippen molar-refractivity contribution in [1.29, 1.82) is 0 Å². The van der Waals surface area contributed by atoms with E-state index in [0.717, 1.165) is 28.6 Å². The molecule has 2 nitrogen and oxygen atoms in total. The lowest BCUT2D eigenvalue weighted by atomic mass is 9.80. The highest BCUT2D eigenvalue weighted by atomic mass is 35.5. The monoisotopic (exact) mass is 298 g/mol. The molecule has 0 saturated heterocycles. The molecule has 1 heterocycles. The van der Waals surface area contributed by atoms with Gasteiger partial charge >= 0.3 is 0 Å². The first kappa shape index (κ1) is 13.3. The van der Waals surface area contributed by atoms with Crippen LogP contribution in [0.1, 0.15) is 60.9 Å². The van der Waals surface area contributed by atoms with Crippen LogP contribution in [0.25, 0.3) is 11.3 Å². The van der Waals surface area contributed by atoms with E-state index in [1.807, 2.05) is 6.92 Å². The van der Waals surface area contributed by atoms with Crippen LogP contribution in [0, 0.1) is 6.92 Å². The van der Waals surface area contributed by atoms with Gasteiger partial charge in [0.1, 0.15) is 11.0 Å². The van der Waals surface area contributed by atoms with E-state index in [4.69, 9.17) is 16.6 Å². The van der Waals surface area contributed by atoms with Gasteiger partial charge in [-0.3, -0.25) is 0 Å². The molecule has 3 heteroatoms. The summed E-state index contributed by atoms with van der Waals surface area (Å²) >= 11 is 6.30. The number of halogens is 1. The second kappa shape index (κ2) is 5.10. The van der Waals surface area contributed by atoms with Crippen LogP contribution in [0.15, 0.2) is 24.3 Å². The van der Waals surface area contributed by atoms with Gasteiger partial charge in [-0.05, 0) is 44.1 Å². The van der Waals surface area contributed by atoms with Crippen LogP contribution in [0.2, 0.25) is 5.15 Å². The van der Waals surface area contributed by atoms with Crippen LogP contribution in [0.4, 0.5) is 0 Å². The van der Waals surface area contributed by atoms with Crippen molar-refractivity contribution in [3.8, 4) is 11.3 Å². The second-order valence-electron chi connectivity index (χ2n) is 6.37. The van der Waals surface area contributed by atoms with Gasteiger partial charge in [0.15, 0.2) is 0 Å². The summed E-state index contributed by atoms with van der Waals surface area (Å²) in [5, 5.41) is 0.602. The summed E-state index contributed by atoms with van der Waals surface area (Å²) in [6.07, 6.45) is 6.43. The molecule has 2 aliphatic carbocycles. The normalized spacial score (nSPS) is 18.6. The molecule has 0 radical (unpaired) electrons. The summed E-state index contributed by atoms with van der Waals surface area (Å²) < 4.78 is 0. The Morgan fingerprint density at radius 3 is 2.24 bits per heavy atom. The van der Waals surface area contributed by atoms with Crippen LogP contribution < -0.4 is 0 Å². The molecule has 0 aliphatic heterocycles. The third-order valence-corrected chi connectivity index (χ3v) is 5.17. The van der Waals surface area contributed by atoms with E-state index in [0.29, 0.717) is 11.1 Å². The molecule has 2 saturated carbocycles. The molecule has 2 fully saturated rings. The Kier molecular flexibility index (Phi) is 3.22. The smallest absolute Gasteiger partial charge is 0.136 e. The highest BCUT2D eigenvalue weighted by Crippen LogP contribution is 2.40. The number of hydrogen-bond donors (Lipinski definition) is 0. The van der Waals surface area contributed by atoms with Crippen molar-refractivity contribution in [3.05, 3.63) is 46.4 Å². The van der Waals surface area contributed by atoms with E-state index >= 15 is 0 Å². The van der Waals surface area contributed by atoms with Crippen molar-refractivity contribution in [2.45, 2.75) is 50.9 Å². The molecular formula is C18H19ClN2. The van der Waals surface area contributed by atoms with Gasteiger partial charge in [0.2, 0.25) is 0 Å². The number of benzene rings is 1. The Hall–Kier alpha value is -1.41. The van der Waals surface area contributed by atoms with Crippen molar-refractivity contribution >= 4 is 11.6 Å². The Morgan fingerprint density at radius 1 is 0.952 bits per heavy atom. The molecule has 1 aromatic heterocycles. The van der Waals surface area contributed by atoms with E-state index in [2.05, 4.69) is 29.2 Å². The van der Waals surface area contributed by atoms with Gasteiger partial charge in [0.25, 0.3) is 0 Å². The lowest BCUT2D eigenvalue weighted by Gasteiger charge is -2.25. The maximum atomic E-state index is 6.30. The minimum atomic E-state index is 0.524. The fraction of sp³-hybridized carbons (Fsp3) is 0.444. The van der Waals surface area contributed by atoms with Crippen molar-refractivity contribution in [3.63, 3.8) is 0 Å². The van der Waals surface area contributed by atoms with Gasteiger partial charge in [-0.2, -0.15) is 0 Å². The SMILES string of the molecule is Cc1c(Cl)nc(C2CC2)nc1-c1ccc(C2CCC2)cc1. The van der Waals surface area contributed by atoms with Gasteiger partial charge in [0.05, 0.1) is 5.69 Å². The average Bonchev–Trinajstić information content (AvgIpc) is 3.25. The summed E-state index contributed by atoms with van der Waals surface area (Å²) in [5.41, 5.74) is 4.60. The lowest BCUT2D eigenvalue weighted by molar-refractivity contribution is 0.420. The van der Waals surface area contributed by atoms with Crippen LogP contribution in [0.3, 0.4) is 0 Å². The molecular weight excluding hydrogens is 280 g/mol. The zero-order valence-corrected chi connectivity index (χ0v) is 13.0. The molecule has 0 amide bonds. The molecule has 0 atom stereocenters. The predicted octanol–water partition coefficient (Wildman–Crippen LogP) is 5.25. The fourth-order valence-electron chi connectivity index (χ4n) is 2.97. The molecule has 21 heavy (non-hydrogen) atoms. The quantitative estimate of drug-likeness (QED) is 0.723. The largest absolute Gasteiger partial charge is 0.232 e. The summed E-state index contributed by atoms with van der Waals surface area (Å²) in [6, 6.07) is 8.89. The van der Waals surface area contributed by atoms with Crippen molar-refractivity contribution < 1.29 is 0 Å². The summed E-state index contributed by atoms with van der Waals surface area (Å²) in [6.45, 7) is 2.01. The maximum Gasteiger partial charge on any atom is 0.136 e. The predicted molar refractivity (Wildman–Crippen MR) is 85.8 cm³/mol. The van der Waals surface area contributed by atoms with Crippen LogP contribution >= 0.6 is 11.6 Å². The third-order valence-electron chi connectivity index (χ3n) is 4.81. The Morgan fingerprint density at radius 2 is 1.67 bits per heavy atom. The van der Waals surface area contributed by atoms with Crippen molar-refractivity contribution in [2.75, 3.05) is 0 Å². The van der Waals surface area contributed by atoms with E-state index in [9.17, 15) is 0 Å². The molecule has 108 valence electrons. The van der Waals surface area contributed by atoms with Gasteiger partial charge in [-0.15, -0.1) is 0 Å². The van der Waals surface area contributed by atoms with E-state index in [1.165, 1.54) is 37.7 Å². The minimum absolute atomic E-state index is 0.524. The van der Waals surface area contributed by atoms with Gasteiger partial charge in [0, 0.05) is 17.0 Å². The standard InChI is InChI=1S/C18H19ClN2/c1-11-16(20-18(15-9-10-15)21-17(11)19)14-7-5-13(6-8-14)12-3-2-4-12/h5-8,12,15H,2-4,9-10H2,1H3. The first-order valence-electron chi connectivity index (χ1n) is 7.87.